The first-order valence-corrected chi connectivity index (χ1v) is 7.77. The molecule has 98 valence electrons. The van der Waals surface area contributed by atoms with E-state index in [1.807, 2.05) is 12.1 Å². The van der Waals surface area contributed by atoms with Gasteiger partial charge in [-0.05, 0) is 46.9 Å². The number of aryl methyl sites for hydroxylation is 2. The second-order valence-electron chi connectivity index (χ2n) is 5.04. The topological polar surface area (TPSA) is 17.1 Å². The molecule has 20 heavy (non-hydrogen) atoms. The van der Waals surface area contributed by atoms with Crippen LogP contribution in [0.15, 0.2) is 42.5 Å². The molecule has 0 amide bonds. The van der Waals surface area contributed by atoms with Gasteiger partial charge in [-0.1, -0.05) is 41.9 Å². The molecule has 4 rings (SSSR count). The van der Waals surface area contributed by atoms with Crippen LogP contribution >= 0.6 is 22.9 Å². The Hall–Kier alpha value is -1.64. The number of ketones is 1. The van der Waals surface area contributed by atoms with E-state index in [1.165, 1.54) is 27.8 Å². The molecule has 2 aromatic carbocycles. The summed E-state index contributed by atoms with van der Waals surface area (Å²) in [5, 5.41) is 2.35. The van der Waals surface area contributed by atoms with Crippen LogP contribution in [-0.2, 0) is 12.8 Å². The van der Waals surface area contributed by atoms with Crippen molar-refractivity contribution in [2.45, 2.75) is 12.8 Å². The van der Waals surface area contributed by atoms with Gasteiger partial charge in [0.1, 0.15) is 0 Å². The van der Waals surface area contributed by atoms with E-state index >= 15 is 0 Å². The molecule has 3 heteroatoms. The van der Waals surface area contributed by atoms with E-state index in [0.29, 0.717) is 9.21 Å². The lowest BCUT2D eigenvalue weighted by atomic mass is 9.97. The van der Waals surface area contributed by atoms with Gasteiger partial charge in [0, 0.05) is 5.56 Å². The molecule has 1 aliphatic rings. The third kappa shape index (κ3) is 1.72. The van der Waals surface area contributed by atoms with Crippen molar-refractivity contribution >= 4 is 39.5 Å². The lowest BCUT2D eigenvalue weighted by molar-refractivity contribution is 0.104. The van der Waals surface area contributed by atoms with Crippen molar-refractivity contribution in [3.05, 3.63) is 68.4 Å². The first-order chi connectivity index (χ1) is 9.74. The number of carbonyl (C=O) groups is 1. The van der Waals surface area contributed by atoms with Crippen molar-refractivity contribution in [3.63, 3.8) is 0 Å². The first kappa shape index (κ1) is 12.1. The van der Waals surface area contributed by atoms with Crippen molar-refractivity contribution in [2.24, 2.45) is 0 Å². The predicted molar refractivity (Wildman–Crippen MR) is 84.1 cm³/mol. The maximum Gasteiger partial charge on any atom is 0.203 e. The highest BCUT2D eigenvalue weighted by Crippen LogP contribution is 2.34. The van der Waals surface area contributed by atoms with Gasteiger partial charge in [-0.2, -0.15) is 0 Å². The average Bonchev–Trinajstić information content (AvgIpc) is 3.07. The minimum absolute atomic E-state index is 0.0671. The summed E-state index contributed by atoms with van der Waals surface area (Å²) in [6, 6.07) is 13.9. The molecule has 0 bridgehead atoms. The molecule has 0 fully saturated rings. The fourth-order valence-corrected chi connectivity index (χ4v) is 4.01. The lowest BCUT2D eigenvalue weighted by Crippen LogP contribution is -2.00. The molecule has 0 spiro atoms. The molecule has 0 saturated heterocycles. The Bertz CT molecular complexity index is 837. The summed E-state index contributed by atoms with van der Waals surface area (Å²) in [6.07, 6.45) is 2.16. The molecule has 1 nitrogen and oxygen atoms in total. The standard InChI is InChI=1S/C17H11ClOS/c18-15-9-8-14(20-15)17(19)13-7-6-11-5-4-10-2-1-3-12(13)16(10)11/h1-3,6-9H,4-5H2. The number of benzene rings is 2. The van der Waals surface area contributed by atoms with Crippen LogP contribution in [0.3, 0.4) is 0 Å². The molecule has 0 saturated carbocycles. The van der Waals surface area contributed by atoms with E-state index in [2.05, 4.69) is 18.2 Å². The zero-order chi connectivity index (χ0) is 13.7. The maximum absolute atomic E-state index is 12.7. The average molecular weight is 299 g/mol. The summed E-state index contributed by atoms with van der Waals surface area (Å²) in [4.78, 5) is 13.4. The van der Waals surface area contributed by atoms with Crippen LogP contribution in [0.1, 0.15) is 26.4 Å². The summed E-state index contributed by atoms with van der Waals surface area (Å²) in [6.45, 7) is 0. The van der Waals surface area contributed by atoms with E-state index in [1.54, 1.807) is 12.1 Å². The third-order valence-electron chi connectivity index (χ3n) is 3.92. The van der Waals surface area contributed by atoms with Gasteiger partial charge in [-0.25, -0.2) is 0 Å². The van der Waals surface area contributed by atoms with Gasteiger partial charge in [0.05, 0.1) is 9.21 Å². The van der Waals surface area contributed by atoms with Gasteiger partial charge in [-0.15, -0.1) is 11.3 Å². The van der Waals surface area contributed by atoms with Crippen LogP contribution in [0.2, 0.25) is 4.34 Å². The number of halogens is 1. The quantitative estimate of drug-likeness (QED) is 0.616. The van der Waals surface area contributed by atoms with Crippen molar-refractivity contribution in [2.75, 3.05) is 0 Å². The molecule has 0 aliphatic heterocycles. The van der Waals surface area contributed by atoms with Gasteiger partial charge >= 0.3 is 0 Å². The number of carbonyl (C=O) groups excluding carboxylic acids is 1. The van der Waals surface area contributed by atoms with Gasteiger partial charge < -0.3 is 0 Å². The highest BCUT2D eigenvalue weighted by Gasteiger charge is 2.20. The zero-order valence-electron chi connectivity index (χ0n) is 10.7. The molecule has 1 aromatic heterocycles. The largest absolute Gasteiger partial charge is 0.288 e. The van der Waals surface area contributed by atoms with Gasteiger partial charge in [-0.3, -0.25) is 4.79 Å². The highest BCUT2D eigenvalue weighted by atomic mass is 35.5. The van der Waals surface area contributed by atoms with Crippen LogP contribution in [0, 0.1) is 0 Å². The second kappa shape index (κ2) is 4.44. The fraction of sp³-hybridized carbons (Fsp3) is 0.118. The van der Waals surface area contributed by atoms with Crippen molar-refractivity contribution in [1.29, 1.82) is 0 Å². The molecule has 0 radical (unpaired) electrons. The Labute approximate surface area is 125 Å². The van der Waals surface area contributed by atoms with Gasteiger partial charge in [0.25, 0.3) is 0 Å². The number of hydrogen-bond acceptors (Lipinski definition) is 2. The molecular formula is C17H11ClOS. The third-order valence-corrected chi connectivity index (χ3v) is 5.15. The molecule has 0 N–H and O–H groups in total. The van der Waals surface area contributed by atoms with E-state index in [0.717, 1.165) is 23.8 Å². The molecular weight excluding hydrogens is 288 g/mol. The number of rotatable bonds is 2. The monoisotopic (exact) mass is 298 g/mol. The Morgan fingerprint density at radius 1 is 1.00 bits per heavy atom. The summed E-state index contributed by atoms with van der Waals surface area (Å²) in [5.74, 6) is 0.0671. The van der Waals surface area contributed by atoms with Gasteiger partial charge in [0.2, 0.25) is 5.78 Å². The summed E-state index contributed by atoms with van der Waals surface area (Å²) in [5.41, 5.74) is 3.50. The van der Waals surface area contributed by atoms with Gasteiger partial charge in [0.15, 0.2) is 0 Å². The van der Waals surface area contributed by atoms with Crippen LogP contribution < -0.4 is 0 Å². The summed E-state index contributed by atoms with van der Waals surface area (Å²) in [7, 11) is 0. The number of hydrogen-bond donors (Lipinski definition) is 0. The minimum atomic E-state index is 0.0671. The Balaban J connectivity index is 1.95. The van der Waals surface area contributed by atoms with Crippen molar-refractivity contribution < 1.29 is 4.79 Å². The fourth-order valence-electron chi connectivity index (χ4n) is 3.01. The van der Waals surface area contributed by atoms with E-state index in [-0.39, 0.29) is 5.78 Å². The Morgan fingerprint density at radius 2 is 1.80 bits per heavy atom. The summed E-state index contributed by atoms with van der Waals surface area (Å²) >= 11 is 7.28. The molecule has 1 heterocycles. The number of thiophene rings is 1. The van der Waals surface area contributed by atoms with Crippen LogP contribution in [0.5, 0.6) is 0 Å². The lowest BCUT2D eigenvalue weighted by Gasteiger charge is -2.07. The first-order valence-electron chi connectivity index (χ1n) is 6.57. The predicted octanol–water partition coefficient (Wildman–Crippen LogP) is 4.88. The molecule has 0 atom stereocenters. The van der Waals surface area contributed by atoms with Crippen LogP contribution in [0.4, 0.5) is 0 Å². The smallest absolute Gasteiger partial charge is 0.203 e. The molecule has 0 unspecified atom stereocenters. The summed E-state index contributed by atoms with van der Waals surface area (Å²) < 4.78 is 0.652. The second-order valence-corrected chi connectivity index (χ2v) is 6.76. The maximum atomic E-state index is 12.7. The highest BCUT2D eigenvalue weighted by molar-refractivity contribution is 7.18. The Morgan fingerprint density at radius 3 is 2.55 bits per heavy atom. The normalized spacial score (nSPS) is 13.1. The SMILES string of the molecule is O=C(c1ccc(Cl)s1)c1ccc2c3c(cccc13)CC2. The van der Waals surface area contributed by atoms with Crippen LogP contribution in [0.25, 0.3) is 10.8 Å². The molecule has 3 aromatic rings. The van der Waals surface area contributed by atoms with E-state index < -0.39 is 0 Å². The zero-order valence-corrected chi connectivity index (χ0v) is 12.2. The van der Waals surface area contributed by atoms with Crippen molar-refractivity contribution in [1.82, 2.24) is 0 Å². The molecule has 1 aliphatic carbocycles. The minimum Gasteiger partial charge on any atom is -0.288 e. The van der Waals surface area contributed by atoms with E-state index in [4.69, 9.17) is 11.6 Å². The van der Waals surface area contributed by atoms with E-state index in [9.17, 15) is 4.79 Å². The van der Waals surface area contributed by atoms with Crippen molar-refractivity contribution in [3.8, 4) is 0 Å². The Kier molecular flexibility index (Phi) is 2.69. The van der Waals surface area contributed by atoms with Crippen LogP contribution in [-0.4, -0.2) is 5.78 Å².